The molecule has 0 spiro atoms. The molecule has 2 N–H and O–H groups in total. The maximum absolute atomic E-state index is 11.0. The third-order valence-corrected chi connectivity index (χ3v) is 2.10. The molecule has 0 bridgehead atoms. The Kier molecular flexibility index (Phi) is 5.62. The molecule has 5 nitrogen and oxygen atoms in total. The first kappa shape index (κ1) is 13.6. The smallest absolute Gasteiger partial charge is 0.353 e. The fraction of sp³-hybridized carbons (Fsp3) is 0.444. The first-order chi connectivity index (χ1) is 7.07. The molecule has 6 heteroatoms. The van der Waals surface area contributed by atoms with Gasteiger partial charge in [0, 0.05) is 5.56 Å². The Bertz CT molecular complexity index is 355. The second-order valence-electron chi connectivity index (χ2n) is 2.41. The first-order valence-corrected chi connectivity index (χ1v) is 4.87. The SMILES string of the molecule is CC.CO[N+](=O)c1cnc(N)c(C)c1Cl. The van der Waals surface area contributed by atoms with Crippen LogP contribution in [0.15, 0.2) is 6.20 Å². The fourth-order valence-electron chi connectivity index (χ4n) is 0.814. The van der Waals surface area contributed by atoms with Crippen molar-refractivity contribution in [3.63, 3.8) is 0 Å². The van der Waals surface area contributed by atoms with Gasteiger partial charge in [0.1, 0.15) is 17.0 Å². The fourth-order valence-corrected chi connectivity index (χ4v) is 1.03. The summed E-state index contributed by atoms with van der Waals surface area (Å²) in [6.45, 7) is 5.68. The second-order valence-corrected chi connectivity index (χ2v) is 2.79. The molecule has 1 heterocycles. The van der Waals surface area contributed by atoms with Gasteiger partial charge in [0.15, 0.2) is 7.11 Å². The molecule has 0 radical (unpaired) electrons. The number of nitrogens with two attached hydrogens (primary N) is 1. The molecule has 0 saturated heterocycles. The number of nitrogen functional groups attached to an aromatic ring is 1. The maximum atomic E-state index is 11.0. The molecule has 0 aliphatic rings. The highest BCUT2D eigenvalue weighted by Crippen LogP contribution is 2.29. The molecule has 84 valence electrons. The molecule has 0 aliphatic carbocycles. The summed E-state index contributed by atoms with van der Waals surface area (Å²) in [5.41, 5.74) is 6.19. The lowest BCUT2D eigenvalue weighted by molar-refractivity contribution is -0.736. The summed E-state index contributed by atoms with van der Waals surface area (Å²) in [6, 6.07) is 0. The maximum Gasteiger partial charge on any atom is 0.353 e. The van der Waals surface area contributed by atoms with E-state index in [9.17, 15) is 4.91 Å². The van der Waals surface area contributed by atoms with Gasteiger partial charge in [0.05, 0.1) is 4.91 Å². The van der Waals surface area contributed by atoms with Crippen molar-refractivity contribution in [3.05, 3.63) is 21.7 Å². The lowest BCUT2D eigenvalue weighted by Crippen LogP contribution is -2.02. The number of aromatic nitrogens is 1. The third-order valence-electron chi connectivity index (χ3n) is 1.63. The minimum Gasteiger partial charge on any atom is -0.383 e. The van der Waals surface area contributed by atoms with Gasteiger partial charge in [-0.25, -0.2) is 9.82 Å². The van der Waals surface area contributed by atoms with Crippen molar-refractivity contribution in [2.24, 2.45) is 0 Å². The zero-order valence-corrected chi connectivity index (χ0v) is 10.00. The highest BCUT2D eigenvalue weighted by atomic mass is 35.5. The standard InChI is InChI=1S/C7H9ClN3O2.C2H6/c1-4-6(8)5(11(12)13-2)3-10-7(4)9;1-2/h3H,1-2H3,(H2,9,10);1-2H3/q+1;. The van der Waals surface area contributed by atoms with E-state index in [-0.39, 0.29) is 15.6 Å². The van der Waals surface area contributed by atoms with Crippen molar-refractivity contribution in [2.45, 2.75) is 20.8 Å². The molecule has 0 saturated carbocycles. The zero-order valence-electron chi connectivity index (χ0n) is 9.24. The number of pyridine rings is 1. The summed E-state index contributed by atoms with van der Waals surface area (Å²) in [6.07, 6.45) is 1.27. The van der Waals surface area contributed by atoms with Crippen LogP contribution >= 0.6 is 11.6 Å². The highest BCUT2D eigenvalue weighted by molar-refractivity contribution is 6.33. The molecule has 0 atom stereocenters. The normalized spacial score (nSPS) is 8.87. The molecule has 0 aromatic carbocycles. The Hall–Kier alpha value is -1.36. The summed E-state index contributed by atoms with van der Waals surface area (Å²) >= 11 is 5.83. The van der Waals surface area contributed by atoms with Gasteiger partial charge in [0.2, 0.25) is 0 Å². The van der Waals surface area contributed by atoms with Crippen LogP contribution in [0.3, 0.4) is 0 Å². The molecule has 15 heavy (non-hydrogen) atoms. The average Bonchev–Trinajstić information content (AvgIpc) is 2.28. The van der Waals surface area contributed by atoms with Crippen molar-refractivity contribution >= 4 is 23.1 Å². The van der Waals surface area contributed by atoms with Crippen LogP contribution in [0.5, 0.6) is 0 Å². The van der Waals surface area contributed by atoms with E-state index >= 15 is 0 Å². The van der Waals surface area contributed by atoms with Gasteiger partial charge < -0.3 is 5.73 Å². The number of hydrogen-bond donors (Lipinski definition) is 1. The molecule has 1 aromatic heterocycles. The van der Waals surface area contributed by atoms with Crippen molar-refractivity contribution in [1.82, 2.24) is 4.98 Å². The van der Waals surface area contributed by atoms with Crippen LogP contribution in [0.1, 0.15) is 19.4 Å². The van der Waals surface area contributed by atoms with Crippen LogP contribution in [-0.2, 0) is 4.84 Å². The molecule has 0 fully saturated rings. The number of halogens is 1. The number of rotatable bonds is 2. The van der Waals surface area contributed by atoms with E-state index in [1.54, 1.807) is 6.92 Å². The topological polar surface area (TPSA) is 68.2 Å². The largest absolute Gasteiger partial charge is 0.383 e. The van der Waals surface area contributed by atoms with Crippen molar-refractivity contribution in [3.8, 4) is 0 Å². The van der Waals surface area contributed by atoms with Gasteiger partial charge in [0.25, 0.3) is 4.92 Å². The Morgan fingerprint density at radius 1 is 1.53 bits per heavy atom. The number of nitrogens with zero attached hydrogens (tertiary/aromatic N) is 2. The molecular formula is C9H15ClN3O2+. The van der Waals surface area contributed by atoms with Crippen molar-refractivity contribution < 1.29 is 9.76 Å². The summed E-state index contributed by atoms with van der Waals surface area (Å²) in [7, 11) is 1.25. The first-order valence-electron chi connectivity index (χ1n) is 4.50. The predicted molar refractivity (Wildman–Crippen MR) is 60.0 cm³/mol. The average molecular weight is 233 g/mol. The summed E-state index contributed by atoms with van der Waals surface area (Å²) in [5.74, 6) is 0.304. The Balaban J connectivity index is 0.000000921. The van der Waals surface area contributed by atoms with E-state index in [0.29, 0.717) is 11.4 Å². The van der Waals surface area contributed by atoms with Gasteiger partial charge in [-0.3, -0.25) is 0 Å². The van der Waals surface area contributed by atoms with Crippen LogP contribution in [0.2, 0.25) is 5.02 Å². The minimum absolute atomic E-state index is 0.149. The highest BCUT2D eigenvalue weighted by Gasteiger charge is 2.22. The van der Waals surface area contributed by atoms with E-state index in [1.807, 2.05) is 13.8 Å². The second kappa shape index (κ2) is 6.19. The van der Waals surface area contributed by atoms with Gasteiger partial charge in [-0.15, -0.1) is 0 Å². The van der Waals surface area contributed by atoms with Crippen LogP contribution in [0.25, 0.3) is 0 Å². The molecule has 1 rings (SSSR count). The van der Waals surface area contributed by atoms with Gasteiger partial charge in [-0.1, -0.05) is 25.4 Å². The quantitative estimate of drug-likeness (QED) is 0.796. The monoisotopic (exact) mass is 232 g/mol. The van der Waals surface area contributed by atoms with Crippen LogP contribution in [0, 0.1) is 11.8 Å². The van der Waals surface area contributed by atoms with E-state index < -0.39 is 0 Å². The van der Waals surface area contributed by atoms with E-state index in [1.165, 1.54) is 13.3 Å². The van der Waals surface area contributed by atoms with Gasteiger partial charge in [-0.05, 0) is 6.92 Å². The van der Waals surface area contributed by atoms with E-state index in [4.69, 9.17) is 17.3 Å². The van der Waals surface area contributed by atoms with Gasteiger partial charge in [-0.2, -0.15) is 0 Å². The van der Waals surface area contributed by atoms with E-state index in [2.05, 4.69) is 9.82 Å². The van der Waals surface area contributed by atoms with Crippen molar-refractivity contribution in [1.29, 1.82) is 0 Å². The number of anilines is 1. The minimum atomic E-state index is 0.149. The third kappa shape index (κ3) is 3.06. The molecule has 0 amide bonds. The number of hydrogen-bond acceptors (Lipinski definition) is 4. The Morgan fingerprint density at radius 3 is 2.53 bits per heavy atom. The lowest BCUT2D eigenvalue weighted by atomic mass is 10.2. The van der Waals surface area contributed by atoms with Crippen molar-refractivity contribution in [2.75, 3.05) is 12.8 Å². The Labute approximate surface area is 93.7 Å². The van der Waals surface area contributed by atoms with Crippen LogP contribution in [-0.4, -0.2) is 17.0 Å². The molecule has 0 aliphatic heterocycles. The molecule has 1 aromatic rings. The van der Waals surface area contributed by atoms with Crippen LogP contribution in [0.4, 0.5) is 11.5 Å². The van der Waals surface area contributed by atoms with E-state index in [0.717, 1.165) is 0 Å². The predicted octanol–water partition coefficient (Wildman–Crippen LogP) is 2.62. The van der Waals surface area contributed by atoms with Crippen LogP contribution < -0.4 is 5.73 Å². The lowest BCUT2D eigenvalue weighted by Gasteiger charge is -1.99. The summed E-state index contributed by atoms with van der Waals surface area (Å²) in [5, 5.41) is 0.254. The van der Waals surface area contributed by atoms with Gasteiger partial charge >= 0.3 is 5.69 Å². The zero-order chi connectivity index (χ0) is 12.0. The summed E-state index contributed by atoms with van der Waals surface area (Å²) < 4.78 is 0. The Morgan fingerprint density at radius 2 is 2.07 bits per heavy atom. The molecular weight excluding hydrogens is 218 g/mol. The molecule has 0 unspecified atom stereocenters. The summed E-state index contributed by atoms with van der Waals surface area (Å²) in [4.78, 5) is 19.5.